The standard InChI is InChI=1S/C15H21N5S/c1-11-17-18-19-20(11)14-6-4-5-12(7-14)16-13-8-15(2,3)10-21-9-13/h4-7,13,16H,8-10H2,1-3H3. The highest BCUT2D eigenvalue weighted by atomic mass is 32.2. The molecule has 0 amide bonds. The van der Waals surface area contributed by atoms with Crippen molar-refractivity contribution in [1.29, 1.82) is 0 Å². The molecule has 5 nitrogen and oxygen atoms in total. The average Bonchev–Trinajstić information content (AvgIpc) is 2.84. The summed E-state index contributed by atoms with van der Waals surface area (Å²) < 4.78 is 1.75. The van der Waals surface area contributed by atoms with E-state index in [4.69, 9.17) is 0 Å². The van der Waals surface area contributed by atoms with Crippen molar-refractivity contribution in [3.8, 4) is 5.69 Å². The van der Waals surface area contributed by atoms with Gasteiger partial charge >= 0.3 is 0 Å². The summed E-state index contributed by atoms with van der Waals surface area (Å²) in [5, 5.41) is 15.3. The average molecular weight is 303 g/mol. The molecule has 1 aromatic carbocycles. The van der Waals surface area contributed by atoms with Gasteiger partial charge in [0, 0.05) is 17.5 Å². The van der Waals surface area contributed by atoms with E-state index in [1.807, 2.05) is 30.8 Å². The summed E-state index contributed by atoms with van der Waals surface area (Å²) in [4.78, 5) is 0. The topological polar surface area (TPSA) is 55.6 Å². The zero-order valence-electron chi connectivity index (χ0n) is 12.7. The van der Waals surface area contributed by atoms with Gasteiger partial charge in [-0.25, -0.2) is 0 Å². The molecule has 0 bridgehead atoms. The Labute approximate surface area is 129 Å². The lowest BCUT2D eigenvalue weighted by Gasteiger charge is -2.35. The molecule has 1 fully saturated rings. The molecule has 1 aromatic heterocycles. The first kappa shape index (κ1) is 14.4. The van der Waals surface area contributed by atoms with E-state index in [1.165, 1.54) is 12.2 Å². The van der Waals surface area contributed by atoms with Gasteiger partial charge in [-0.1, -0.05) is 19.9 Å². The van der Waals surface area contributed by atoms with Gasteiger partial charge in [-0.05, 0) is 53.1 Å². The normalized spacial score (nSPS) is 21.2. The molecule has 21 heavy (non-hydrogen) atoms. The number of thioether (sulfide) groups is 1. The molecule has 1 aliphatic rings. The lowest BCUT2D eigenvalue weighted by Crippen LogP contribution is -2.35. The third kappa shape index (κ3) is 3.37. The summed E-state index contributed by atoms with van der Waals surface area (Å²) in [6.45, 7) is 6.59. The van der Waals surface area contributed by atoms with Crippen LogP contribution in [0.2, 0.25) is 0 Å². The van der Waals surface area contributed by atoms with Gasteiger partial charge in [-0.2, -0.15) is 16.4 Å². The molecule has 0 spiro atoms. The SMILES string of the molecule is Cc1nnnn1-c1cccc(NC2CSCC(C)(C)C2)c1. The van der Waals surface area contributed by atoms with Gasteiger partial charge in [0.2, 0.25) is 0 Å². The molecule has 0 radical (unpaired) electrons. The molecular weight excluding hydrogens is 282 g/mol. The summed E-state index contributed by atoms with van der Waals surface area (Å²) in [5.74, 6) is 3.20. The van der Waals surface area contributed by atoms with Crippen LogP contribution in [0.1, 0.15) is 26.1 Å². The Balaban J connectivity index is 1.76. The smallest absolute Gasteiger partial charge is 0.153 e. The monoisotopic (exact) mass is 303 g/mol. The van der Waals surface area contributed by atoms with E-state index in [1.54, 1.807) is 4.68 Å². The molecule has 2 aromatic rings. The fourth-order valence-corrected chi connectivity index (χ4v) is 4.06. The Morgan fingerprint density at radius 3 is 2.95 bits per heavy atom. The van der Waals surface area contributed by atoms with Crippen LogP contribution >= 0.6 is 11.8 Å². The largest absolute Gasteiger partial charge is 0.381 e. The van der Waals surface area contributed by atoms with Gasteiger partial charge in [0.15, 0.2) is 5.82 Å². The second-order valence-electron chi connectivity index (χ2n) is 6.41. The third-order valence-electron chi connectivity index (χ3n) is 3.70. The molecule has 6 heteroatoms. The number of tetrazole rings is 1. The number of benzene rings is 1. The van der Waals surface area contributed by atoms with Crippen molar-refractivity contribution in [3.63, 3.8) is 0 Å². The number of hydrogen-bond acceptors (Lipinski definition) is 5. The minimum absolute atomic E-state index is 0.407. The first-order valence-electron chi connectivity index (χ1n) is 7.23. The second kappa shape index (κ2) is 5.67. The molecule has 1 unspecified atom stereocenters. The lowest BCUT2D eigenvalue weighted by atomic mass is 9.88. The number of aromatic nitrogens is 4. The highest BCUT2D eigenvalue weighted by Crippen LogP contribution is 2.34. The first-order valence-corrected chi connectivity index (χ1v) is 8.39. The molecular formula is C15H21N5S. The maximum absolute atomic E-state index is 4.02. The van der Waals surface area contributed by atoms with Crippen LogP contribution in [0.4, 0.5) is 5.69 Å². The van der Waals surface area contributed by atoms with E-state index in [0.29, 0.717) is 11.5 Å². The molecule has 3 rings (SSSR count). The summed E-state index contributed by atoms with van der Waals surface area (Å²) >= 11 is 2.03. The fourth-order valence-electron chi connectivity index (χ4n) is 2.79. The van der Waals surface area contributed by atoms with Crippen molar-refractivity contribution in [2.75, 3.05) is 16.8 Å². The molecule has 0 saturated carbocycles. The van der Waals surface area contributed by atoms with Crippen LogP contribution in [-0.2, 0) is 0 Å². The molecule has 1 aliphatic heterocycles. The number of nitrogens with one attached hydrogen (secondary N) is 1. The highest BCUT2D eigenvalue weighted by Gasteiger charge is 2.28. The third-order valence-corrected chi connectivity index (χ3v) is 5.32. The fraction of sp³-hybridized carbons (Fsp3) is 0.533. The van der Waals surface area contributed by atoms with Crippen molar-refractivity contribution in [2.45, 2.75) is 33.2 Å². The predicted octanol–water partition coefficient (Wildman–Crippen LogP) is 2.91. The van der Waals surface area contributed by atoms with Crippen molar-refractivity contribution in [2.24, 2.45) is 5.41 Å². The number of anilines is 1. The van der Waals surface area contributed by atoms with E-state index in [0.717, 1.165) is 23.0 Å². The van der Waals surface area contributed by atoms with E-state index >= 15 is 0 Å². The second-order valence-corrected chi connectivity index (χ2v) is 7.44. The summed E-state index contributed by atoms with van der Waals surface area (Å²) in [6.07, 6.45) is 1.20. The van der Waals surface area contributed by atoms with Crippen molar-refractivity contribution >= 4 is 17.4 Å². The number of aryl methyl sites for hydroxylation is 1. The van der Waals surface area contributed by atoms with Gasteiger partial charge in [-0.15, -0.1) is 5.10 Å². The summed E-state index contributed by atoms with van der Waals surface area (Å²) in [6, 6.07) is 8.79. The van der Waals surface area contributed by atoms with Gasteiger partial charge in [0.1, 0.15) is 0 Å². The number of rotatable bonds is 3. The molecule has 112 valence electrons. The van der Waals surface area contributed by atoms with Crippen LogP contribution < -0.4 is 5.32 Å². The maximum atomic E-state index is 4.02. The molecule has 1 N–H and O–H groups in total. The first-order chi connectivity index (χ1) is 10.0. The Morgan fingerprint density at radius 2 is 2.24 bits per heavy atom. The Morgan fingerprint density at radius 1 is 1.38 bits per heavy atom. The molecule has 1 atom stereocenters. The minimum Gasteiger partial charge on any atom is -0.381 e. The molecule has 1 saturated heterocycles. The van der Waals surface area contributed by atoms with Crippen LogP contribution in [-0.4, -0.2) is 37.8 Å². The highest BCUT2D eigenvalue weighted by molar-refractivity contribution is 7.99. The zero-order chi connectivity index (χ0) is 14.9. The van der Waals surface area contributed by atoms with Crippen molar-refractivity contribution in [3.05, 3.63) is 30.1 Å². The number of nitrogens with zero attached hydrogens (tertiary/aromatic N) is 4. The van der Waals surface area contributed by atoms with Crippen LogP contribution in [0.25, 0.3) is 5.69 Å². The zero-order valence-corrected chi connectivity index (χ0v) is 13.5. The quantitative estimate of drug-likeness (QED) is 0.945. The Bertz CT molecular complexity index is 622. The Hall–Kier alpha value is -1.56. The van der Waals surface area contributed by atoms with Crippen LogP contribution in [0.15, 0.2) is 24.3 Å². The van der Waals surface area contributed by atoms with Gasteiger partial charge in [-0.3, -0.25) is 0 Å². The molecule has 0 aliphatic carbocycles. The predicted molar refractivity (Wildman–Crippen MR) is 87.0 cm³/mol. The van der Waals surface area contributed by atoms with Gasteiger partial charge in [0.25, 0.3) is 0 Å². The van der Waals surface area contributed by atoms with Crippen LogP contribution in [0.5, 0.6) is 0 Å². The maximum Gasteiger partial charge on any atom is 0.153 e. The van der Waals surface area contributed by atoms with Crippen LogP contribution in [0.3, 0.4) is 0 Å². The summed E-state index contributed by atoms with van der Waals surface area (Å²) in [5.41, 5.74) is 2.53. The van der Waals surface area contributed by atoms with E-state index in [2.05, 4.69) is 46.8 Å². The molecule has 2 heterocycles. The van der Waals surface area contributed by atoms with E-state index < -0.39 is 0 Å². The number of hydrogen-bond donors (Lipinski definition) is 1. The van der Waals surface area contributed by atoms with Gasteiger partial charge < -0.3 is 5.32 Å². The van der Waals surface area contributed by atoms with Crippen molar-refractivity contribution in [1.82, 2.24) is 20.2 Å². The van der Waals surface area contributed by atoms with E-state index in [-0.39, 0.29) is 0 Å². The van der Waals surface area contributed by atoms with Gasteiger partial charge in [0.05, 0.1) is 5.69 Å². The summed E-state index contributed by atoms with van der Waals surface area (Å²) in [7, 11) is 0. The van der Waals surface area contributed by atoms with Crippen molar-refractivity contribution < 1.29 is 0 Å². The van der Waals surface area contributed by atoms with E-state index in [9.17, 15) is 0 Å². The Kier molecular flexibility index (Phi) is 3.89. The minimum atomic E-state index is 0.407. The lowest BCUT2D eigenvalue weighted by molar-refractivity contribution is 0.358. The van der Waals surface area contributed by atoms with Crippen LogP contribution in [0, 0.1) is 12.3 Å².